The van der Waals surface area contributed by atoms with E-state index in [9.17, 15) is 0 Å². The summed E-state index contributed by atoms with van der Waals surface area (Å²) < 4.78 is 8.62. The molecule has 2 spiro atoms. The highest BCUT2D eigenvalue weighted by Crippen LogP contribution is 2.70. The minimum atomic E-state index is -1.25. The minimum Gasteiger partial charge on any atom is -0.492 e. The third-order valence-electron chi connectivity index (χ3n) is 11.3. The van der Waals surface area contributed by atoms with Gasteiger partial charge in [0.15, 0.2) is 11.6 Å². The van der Waals surface area contributed by atoms with E-state index < -0.39 is 11.0 Å². The Morgan fingerprint density at radius 2 is 1.47 bits per heavy atom. The Labute approximate surface area is 272 Å². The van der Waals surface area contributed by atoms with Gasteiger partial charge in [0.1, 0.15) is 23.3 Å². The van der Waals surface area contributed by atoms with Crippen molar-refractivity contribution in [2.45, 2.75) is 30.3 Å². The minimum absolute atomic E-state index is 0.00624. The molecule has 2 saturated heterocycles. The van der Waals surface area contributed by atoms with Crippen molar-refractivity contribution in [3.63, 3.8) is 0 Å². The maximum atomic E-state index is 15.7. The van der Waals surface area contributed by atoms with Gasteiger partial charge in [0.25, 0.3) is 0 Å². The van der Waals surface area contributed by atoms with Crippen LogP contribution in [0.25, 0.3) is 27.7 Å². The van der Waals surface area contributed by atoms with Gasteiger partial charge in [-0.25, -0.2) is 4.68 Å². The van der Waals surface area contributed by atoms with E-state index in [1.54, 1.807) is 0 Å². The average molecular weight is 614 g/mol. The molecule has 228 valence electrons. The average Bonchev–Trinajstić information content (AvgIpc) is 3.88. The largest absolute Gasteiger partial charge is 0.492 e. The number of hydrogen-bond acceptors (Lipinski definition) is 5. The zero-order chi connectivity index (χ0) is 31.3. The van der Waals surface area contributed by atoms with Gasteiger partial charge in [0.05, 0.1) is 16.9 Å². The van der Waals surface area contributed by atoms with Crippen LogP contribution in [0.5, 0.6) is 5.75 Å². The van der Waals surface area contributed by atoms with Crippen LogP contribution in [0.3, 0.4) is 0 Å². The predicted molar refractivity (Wildman–Crippen MR) is 180 cm³/mol. The number of benzene rings is 5. The van der Waals surface area contributed by atoms with Gasteiger partial charge in [0, 0.05) is 34.8 Å². The Balaban J connectivity index is 1.32. The topological polar surface area (TPSA) is 64.4 Å². The molecule has 3 aliphatic heterocycles. The second-order valence-corrected chi connectivity index (χ2v) is 13.3. The Kier molecular flexibility index (Phi) is 5.48. The van der Waals surface area contributed by atoms with Crippen LogP contribution in [-0.4, -0.2) is 45.4 Å². The number of ketones is 2. The van der Waals surface area contributed by atoms with Crippen molar-refractivity contribution in [2.24, 2.45) is 5.41 Å². The number of rotatable bonds is 3. The van der Waals surface area contributed by atoms with E-state index in [1.807, 2.05) is 95.7 Å². The highest BCUT2D eigenvalue weighted by atomic mass is 16.5. The molecule has 6 heteroatoms. The molecule has 2 fully saturated rings. The van der Waals surface area contributed by atoms with Gasteiger partial charge in [-0.2, -0.15) is 5.10 Å². The van der Waals surface area contributed by atoms with Crippen LogP contribution < -0.4 is 4.74 Å². The van der Waals surface area contributed by atoms with Gasteiger partial charge in [-0.1, -0.05) is 97.1 Å². The first-order valence-corrected chi connectivity index (χ1v) is 16.5. The normalized spacial score (nSPS) is 25.9. The van der Waals surface area contributed by atoms with Crippen LogP contribution in [0.1, 0.15) is 50.6 Å². The van der Waals surface area contributed by atoms with Crippen LogP contribution in [0.2, 0.25) is 0 Å². The van der Waals surface area contributed by atoms with Crippen LogP contribution in [0.15, 0.2) is 128 Å². The molecule has 4 heterocycles. The third-order valence-corrected chi connectivity index (χ3v) is 11.3. The van der Waals surface area contributed by atoms with E-state index in [0.717, 1.165) is 58.2 Å². The number of carbonyl (C=O) groups is 2. The maximum Gasteiger partial charge on any atom is 0.189 e. The SMILES string of the molecule is O=C1c2cccc3cccc(c23)[C@]12N1CCC[C@H]1[C@H](c1cn(-c3ccccc3)nc1-c1ccccc1)[C@]21COc2ccccc2C1=O. The lowest BCUT2D eigenvalue weighted by Crippen LogP contribution is -2.62. The summed E-state index contributed by atoms with van der Waals surface area (Å²) >= 11 is 0. The fourth-order valence-electron chi connectivity index (χ4n) is 9.64. The summed E-state index contributed by atoms with van der Waals surface area (Å²) in [5, 5.41) is 7.21. The molecule has 1 aliphatic carbocycles. The van der Waals surface area contributed by atoms with E-state index in [0.29, 0.717) is 16.9 Å². The number of ether oxygens (including phenoxy) is 1. The summed E-state index contributed by atoms with van der Waals surface area (Å²) in [4.78, 5) is 33.5. The van der Waals surface area contributed by atoms with Gasteiger partial charge >= 0.3 is 0 Å². The van der Waals surface area contributed by atoms with Gasteiger partial charge in [0.2, 0.25) is 0 Å². The number of fused-ring (bicyclic) bond motifs is 5. The van der Waals surface area contributed by atoms with Gasteiger partial charge < -0.3 is 4.74 Å². The summed E-state index contributed by atoms with van der Waals surface area (Å²) in [6.07, 6.45) is 3.92. The molecule has 1 aromatic heterocycles. The van der Waals surface area contributed by atoms with Crippen LogP contribution in [0, 0.1) is 5.41 Å². The van der Waals surface area contributed by atoms with E-state index in [2.05, 4.69) is 41.4 Å². The number of carbonyl (C=O) groups excluding carboxylic acids is 2. The standard InChI is InChI=1S/C41H31N3O3/c45-38-29-18-7-8-22-34(29)47-25-40(38)36(31-24-44(28-16-5-2-6-17-28)42-37(31)27-12-3-1-4-13-27)33-21-11-23-43(33)41(40)32-20-10-15-26-14-9-19-30(35(26)32)39(41)46/h1-10,12-20,22,24,33,36H,11,21,23,25H2/t33-,36-,40-,41-/m0/s1. The molecule has 0 saturated carbocycles. The second kappa shape index (κ2) is 9.60. The molecule has 0 radical (unpaired) electrons. The smallest absolute Gasteiger partial charge is 0.189 e. The Hall–Kier alpha value is -5.33. The summed E-state index contributed by atoms with van der Waals surface area (Å²) in [5.41, 5.74) is 3.41. The Morgan fingerprint density at radius 1 is 0.745 bits per heavy atom. The van der Waals surface area contributed by atoms with Crippen LogP contribution in [-0.2, 0) is 5.54 Å². The fraction of sp³-hybridized carbons (Fsp3) is 0.195. The molecule has 6 aromatic rings. The first kappa shape index (κ1) is 26.8. The number of para-hydroxylation sites is 2. The van der Waals surface area contributed by atoms with Crippen molar-refractivity contribution in [3.8, 4) is 22.7 Å². The lowest BCUT2D eigenvalue weighted by Gasteiger charge is -2.49. The van der Waals surface area contributed by atoms with Crippen molar-refractivity contribution < 1.29 is 14.3 Å². The quantitative estimate of drug-likeness (QED) is 0.206. The molecule has 4 atom stereocenters. The number of hydrogen-bond donors (Lipinski definition) is 0. The maximum absolute atomic E-state index is 15.7. The highest BCUT2D eigenvalue weighted by molar-refractivity contribution is 6.24. The number of Topliss-reactive ketones (excluding diaryl/α,β-unsaturated/α-hetero) is 2. The molecule has 0 amide bonds. The van der Waals surface area contributed by atoms with Crippen LogP contribution in [0.4, 0.5) is 0 Å². The summed E-state index contributed by atoms with van der Waals surface area (Å²) in [5.74, 6) is 0.190. The Morgan fingerprint density at radius 3 is 2.30 bits per heavy atom. The molecular weight excluding hydrogens is 582 g/mol. The highest BCUT2D eigenvalue weighted by Gasteiger charge is 2.78. The third kappa shape index (κ3) is 3.26. The van der Waals surface area contributed by atoms with E-state index >= 15 is 9.59 Å². The van der Waals surface area contributed by atoms with Crippen molar-refractivity contribution in [2.75, 3.05) is 13.2 Å². The second-order valence-electron chi connectivity index (χ2n) is 13.3. The van der Waals surface area contributed by atoms with Crippen molar-refractivity contribution in [3.05, 3.63) is 150 Å². The Bertz CT molecular complexity index is 2260. The van der Waals surface area contributed by atoms with Gasteiger partial charge in [-0.05, 0) is 60.0 Å². The molecule has 4 aliphatic rings. The van der Waals surface area contributed by atoms with Crippen LogP contribution >= 0.6 is 0 Å². The first-order chi connectivity index (χ1) is 23.1. The predicted octanol–water partition coefficient (Wildman–Crippen LogP) is 7.61. The summed E-state index contributed by atoms with van der Waals surface area (Å²) in [6, 6.07) is 40.0. The van der Waals surface area contributed by atoms with Crippen molar-refractivity contribution in [1.29, 1.82) is 0 Å². The first-order valence-electron chi connectivity index (χ1n) is 16.5. The molecule has 5 aromatic carbocycles. The molecule has 6 nitrogen and oxygen atoms in total. The molecule has 0 unspecified atom stereocenters. The van der Waals surface area contributed by atoms with Crippen molar-refractivity contribution in [1.82, 2.24) is 14.7 Å². The lowest BCUT2D eigenvalue weighted by molar-refractivity contribution is 0.00389. The zero-order valence-electron chi connectivity index (χ0n) is 25.7. The zero-order valence-corrected chi connectivity index (χ0v) is 25.7. The number of nitrogens with zero attached hydrogens (tertiary/aromatic N) is 3. The van der Waals surface area contributed by atoms with E-state index in [4.69, 9.17) is 9.84 Å². The number of aromatic nitrogens is 2. The van der Waals surface area contributed by atoms with Crippen molar-refractivity contribution >= 4 is 22.3 Å². The summed E-state index contributed by atoms with van der Waals surface area (Å²) in [7, 11) is 0. The lowest BCUT2D eigenvalue weighted by atomic mass is 9.55. The van der Waals surface area contributed by atoms with E-state index in [-0.39, 0.29) is 30.1 Å². The van der Waals surface area contributed by atoms with Gasteiger partial charge in [-0.3, -0.25) is 14.5 Å². The molecule has 0 bridgehead atoms. The van der Waals surface area contributed by atoms with E-state index in [1.165, 1.54) is 0 Å². The monoisotopic (exact) mass is 613 g/mol. The summed E-state index contributed by atoms with van der Waals surface area (Å²) in [6.45, 7) is 0.822. The van der Waals surface area contributed by atoms with Gasteiger partial charge in [-0.15, -0.1) is 0 Å². The molecule has 0 N–H and O–H groups in total. The molecule has 47 heavy (non-hydrogen) atoms. The molecule has 10 rings (SSSR count). The molecular formula is C41H31N3O3. The fourth-order valence-corrected chi connectivity index (χ4v) is 9.64.